The second-order valence-electron chi connectivity index (χ2n) is 2.89. The van der Waals surface area contributed by atoms with E-state index in [1.807, 2.05) is 0 Å². The van der Waals surface area contributed by atoms with E-state index in [9.17, 15) is 13.6 Å². The fraction of sp³-hybridized carbons (Fsp3) is 0.300. The van der Waals surface area contributed by atoms with Crippen LogP contribution in [0.3, 0.4) is 0 Å². The molecular weight excluding hydrogens is 254 g/mol. The lowest BCUT2D eigenvalue weighted by Crippen LogP contribution is -2.05. The molecule has 0 N–H and O–H groups in total. The minimum absolute atomic E-state index is 0.161. The van der Waals surface area contributed by atoms with Gasteiger partial charge in [0.15, 0.2) is 0 Å². The van der Waals surface area contributed by atoms with Crippen molar-refractivity contribution in [1.82, 2.24) is 0 Å². The first-order valence-electron chi connectivity index (χ1n) is 4.20. The second-order valence-corrected chi connectivity index (χ2v) is 3.75. The van der Waals surface area contributed by atoms with Crippen molar-refractivity contribution in [3.05, 3.63) is 33.8 Å². The summed E-state index contributed by atoms with van der Waals surface area (Å²) >= 11 is 2.94. The number of halogens is 3. The molecule has 0 fully saturated rings. The van der Waals surface area contributed by atoms with Gasteiger partial charge >= 0.3 is 0 Å². The first kappa shape index (κ1) is 11.3. The van der Waals surface area contributed by atoms with Crippen molar-refractivity contribution in [3.8, 4) is 0 Å². The Morgan fingerprint density at radius 2 is 2.07 bits per heavy atom. The maximum atomic E-state index is 13.3. The number of ketones is 1. The molecule has 0 aliphatic heterocycles. The molecule has 0 unspecified atom stereocenters. The van der Waals surface area contributed by atoms with Crippen LogP contribution >= 0.6 is 15.9 Å². The molecule has 0 radical (unpaired) electrons. The molecule has 1 aromatic rings. The first-order chi connectivity index (χ1) is 6.56. The highest BCUT2D eigenvalue weighted by molar-refractivity contribution is 9.10. The van der Waals surface area contributed by atoms with Gasteiger partial charge in [0.2, 0.25) is 0 Å². The van der Waals surface area contributed by atoms with Crippen molar-refractivity contribution in [2.45, 2.75) is 19.8 Å². The maximum Gasteiger partial charge on any atom is 0.143 e. The summed E-state index contributed by atoms with van der Waals surface area (Å²) in [6.07, 6.45) is 0.0962. The average Bonchev–Trinajstić information content (AvgIpc) is 2.18. The minimum Gasteiger partial charge on any atom is -0.299 e. The van der Waals surface area contributed by atoms with Gasteiger partial charge in [-0.25, -0.2) is 8.78 Å². The quantitative estimate of drug-likeness (QED) is 0.765. The van der Waals surface area contributed by atoms with E-state index in [1.54, 1.807) is 6.92 Å². The second kappa shape index (κ2) is 4.64. The molecule has 0 aliphatic rings. The van der Waals surface area contributed by atoms with Crippen LogP contribution in [0.2, 0.25) is 0 Å². The molecule has 0 atom stereocenters. The molecule has 0 bridgehead atoms. The van der Waals surface area contributed by atoms with Crippen molar-refractivity contribution in [1.29, 1.82) is 0 Å². The normalized spacial score (nSPS) is 10.3. The van der Waals surface area contributed by atoms with Gasteiger partial charge in [-0.15, -0.1) is 0 Å². The topological polar surface area (TPSA) is 17.1 Å². The Balaban J connectivity index is 3.06. The Labute approximate surface area is 89.3 Å². The van der Waals surface area contributed by atoms with Crippen LogP contribution in [0.1, 0.15) is 18.9 Å². The summed E-state index contributed by atoms with van der Waals surface area (Å²) < 4.78 is 26.6. The largest absolute Gasteiger partial charge is 0.299 e. The van der Waals surface area contributed by atoms with Crippen LogP contribution in [0.5, 0.6) is 0 Å². The molecule has 0 amide bonds. The van der Waals surface area contributed by atoms with Gasteiger partial charge in [0.25, 0.3) is 0 Å². The van der Waals surface area contributed by atoms with Gasteiger partial charge in [0, 0.05) is 18.4 Å². The van der Waals surface area contributed by atoms with Crippen molar-refractivity contribution >= 4 is 21.7 Å². The van der Waals surface area contributed by atoms with Crippen LogP contribution in [0, 0.1) is 11.6 Å². The molecule has 76 valence electrons. The molecule has 14 heavy (non-hydrogen) atoms. The van der Waals surface area contributed by atoms with Crippen molar-refractivity contribution < 1.29 is 13.6 Å². The highest BCUT2D eigenvalue weighted by Gasteiger charge is 2.14. The lowest BCUT2D eigenvalue weighted by Gasteiger charge is -2.04. The summed E-state index contributed by atoms with van der Waals surface area (Å²) in [6, 6.07) is 2.43. The van der Waals surface area contributed by atoms with E-state index in [2.05, 4.69) is 15.9 Å². The van der Waals surface area contributed by atoms with Gasteiger partial charge in [-0.1, -0.05) is 6.92 Å². The molecule has 0 saturated heterocycles. The summed E-state index contributed by atoms with van der Waals surface area (Å²) in [7, 11) is 0. The summed E-state index contributed by atoms with van der Waals surface area (Å²) in [5.74, 6) is -1.54. The van der Waals surface area contributed by atoms with Crippen LogP contribution in [0.15, 0.2) is 16.6 Å². The van der Waals surface area contributed by atoms with Gasteiger partial charge in [-0.05, 0) is 28.1 Å². The third kappa shape index (κ3) is 2.38. The summed E-state index contributed by atoms with van der Waals surface area (Å²) in [5, 5.41) is 0. The smallest absolute Gasteiger partial charge is 0.143 e. The van der Waals surface area contributed by atoms with E-state index in [-0.39, 0.29) is 28.7 Å². The lowest BCUT2D eigenvalue weighted by atomic mass is 10.1. The molecule has 0 heterocycles. The lowest BCUT2D eigenvalue weighted by molar-refractivity contribution is -0.118. The Bertz CT molecular complexity index is 363. The molecule has 0 saturated carbocycles. The number of hydrogen-bond acceptors (Lipinski definition) is 1. The van der Waals surface area contributed by atoms with E-state index in [0.717, 1.165) is 6.07 Å². The summed E-state index contributed by atoms with van der Waals surface area (Å²) in [4.78, 5) is 11.0. The van der Waals surface area contributed by atoms with Gasteiger partial charge in [0.1, 0.15) is 17.4 Å². The molecule has 1 nitrogen and oxygen atoms in total. The maximum absolute atomic E-state index is 13.3. The third-order valence-electron chi connectivity index (χ3n) is 1.91. The zero-order valence-corrected chi connectivity index (χ0v) is 9.20. The van der Waals surface area contributed by atoms with E-state index in [1.165, 1.54) is 6.07 Å². The number of carbonyl (C=O) groups excluding carboxylic acids is 1. The van der Waals surface area contributed by atoms with Gasteiger partial charge in [-0.3, -0.25) is 4.79 Å². The molecule has 1 aromatic carbocycles. The zero-order chi connectivity index (χ0) is 10.7. The number of Topliss-reactive ketones (excluding diaryl/α,β-unsaturated/α-hetero) is 1. The Hall–Kier alpha value is -0.770. The first-order valence-corrected chi connectivity index (χ1v) is 4.99. The van der Waals surface area contributed by atoms with Crippen LogP contribution in [0.25, 0.3) is 0 Å². The van der Waals surface area contributed by atoms with Crippen LogP contribution in [-0.2, 0) is 11.2 Å². The van der Waals surface area contributed by atoms with E-state index < -0.39 is 11.6 Å². The Morgan fingerprint density at radius 1 is 1.43 bits per heavy atom. The summed E-state index contributed by atoms with van der Waals surface area (Å²) in [5.41, 5.74) is -0.161. The highest BCUT2D eigenvalue weighted by atomic mass is 79.9. The molecule has 0 aromatic heterocycles. The Kier molecular flexibility index (Phi) is 3.75. The SMILES string of the molecule is CCC(=O)Cc1c(F)ccc(Br)c1F. The van der Waals surface area contributed by atoms with Crippen molar-refractivity contribution in [3.63, 3.8) is 0 Å². The third-order valence-corrected chi connectivity index (χ3v) is 2.52. The number of hydrogen-bond donors (Lipinski definition) is 0. The van der Waals surface area contributed by atoms with Crippen molar-refractivity contribution in [2.24, 2.45) is 0 Å². The van der Waals surface area contributed by atoms with Gasteiger partial charge in [0.05, 0.1) is 4.47 Å². The monoisotopic (exact) mass is 262 g/mol. The number of carbonyl (C=O) groups is 1. The predicted molar refractivity (Wildman–Crippen MR) is 53.1 cm³/mol. The standard InChI is InChI=1S/C10H9BrF2O/c1-2-6(14)5-7-9(12)4-3-8(11)10(7)13/h3-4H,2,5H2,1H3. The number of benzene rings is 1. The molecular formula is C10H9BrF2O. The van der Waals surface area contributed by atoms with Gasteiger partial charge < -0.3 is 0 Å². The average molecular weight is 263 g/mol. The number of rotatable bonds is 3. The molecule has 0 spiro atoms. The molecule has 0 aliphatic carbocycles. The van der Waals surface area contributed by atoms with Crippen molar-refractivity contribution in [2.75, 3.05) is 0 Å². The predicted octanol–water partition coefficient (Wildman–Crippen LogP) is 3.25. The van der Waals surface area contributed by atoms with E-state index in [0.29, 0.717) is 0 Å². The van der Waals surface area contributed by atoms with Crippen LogP contribution < -0.4 is 0 Å². The minimum atomic E-state index is -0.688. The van der Waals surface area contributed by atoms with E-state index in [4.69, 9.17) is 0 Å². The van der Waals surface area contributed by atoms with Crippen LogP contribution in [-0.4, -0.2) is 5.78 Å². The fourth-order valence-corrected chi connectivity index (χ4v) is 1.42. The molecule has 4 heteroatoms. The fourth-order valence-electron chi connectivity index (χ4n) is 1.05. The summed E-state index contributed by atoms with van der Waals surface area (Å²) in [6.45, 7) is 1.66. The van der Waals surface area contributed by atoms with Gasteiger partial charge in [-0.2, -0.15) is 0 Å². The van der Waals surface area contributed by atoms with E-state index >= 15 is 0 Å². The highest BCUT2D eigenvalue weighted by Crippen LogP contribution is 2.22. The Morgan fingerprint density at radius 3 is 2.64 bits per heavy atom. The molecule has 1 rings (SSSR count). The zero-order valence-electron chi connectivity index (χ0n) is 7.61. The van der Waals surface area contributed by atoms with Crippen LogP contribution in [0.4, 0.5) is 8.78 Å².